The van der Waals surface area contributed by atoms with Gasteiger partial charge in [-0.1, -0.05) is 18.2 Å². The maximum atomic E-state index is 14.7. The molecule has 2 aromatic carbocycles. The van der Waals surface area contributed by atoms with Crippen molar-refractivity contribution < 1.29 is 23.8 Å². The van der Waals surface area contributed by atoms with Crippen molar-refractivity contribution in [2.75, 3.05) is 22.9 Å². The number of aliphatic hydroxyl groups excluding tert-OH is 1. The van der Waals surface area contributed by atoms with Crippen molar-refractivity contribution in [1.29, 1.82) is 0 Å². The summed E-state index contributed by atoms with van der Waals surface area (Å²) < 4.78 is 21.8. The lowest BCUT2D eigenvalue weighted by Crippen LogP contribution is -2.38. The largest absolute Gasteiger partial charge is 0.442 e. The van der Waals surface area contributed by atoms with Gasteiger partial charge in [-0.15, -0.1) is 0 Å². The van der Waals surface area contributed by atoms with Crippen LogP contribution in [0.3, 0.4) is 0 Å². The summed E-state index contributed by atoms with van der Waals surface area (Å²) in [5.74, 6) is -0.673. The molecule has 0 bridgehead atoms. The summed E-state index contributed by atoms with van der Waals surface area (Å²) in [6, 6.07) is 15.3. The maximum absolute atomic E-state index is 14.7. The van der Waals surface area contributed by atoms with Crippen molar-refractivity contribution in [3.63, 3.8) is 0 Å². The molecule has 1 fully saturated rings. The lowest BCUT2D eigenvalue weighted by atomic mass is 10.2. The Hall–Kier alpha value is -3.65. The van der Waals surface area contributed by atoms with E-state index in [1.807, 2.05) is 30.3 Å². The number of rotatable bonds is 6. The number of aliphatic hydroxyl groups is 1. The molecule has 4 rings (SSSR count). The van der Waals surface area contributed by atoms with Gasteiger partial charge in [0, 0.05) is 25.0 Å². The average molecular weight is 423 g/mol. The Morgan fingerprint density at radius 1 is 1.23 bits per heavy atom. The molecule has 1 aliphatic heterocycles. The first kappa shape index (κ1) is 20.6. The number of hydrogen-bond donors (Lipinski definition) is 1. The molecule has 8 heteroatoms. The van der Waals surface area contributed by atoms with E-state index in [4.69, 9.17) is 4.74 Å². The van der Waals surface area contributed by atoms with E-state index in [1.165, 1.54) is 17.9 Å². The summed E-state index contributed by atoms with van der Waals surface area (Å²) in [7, 11) is 0. The molecule has 1 unspecified atom stereocenters. The van der Waals surface area contributed by atoms with Crippen LogP contribution in [0.15, 0.2) is 67.0 Å². The normalized spacial score (nSPS) is 15.8. The van der Waals surface area contributed by atoms with Crippen molar-refractivity contribution in [2.24, 2.45) is 0 Å². The van der Waals surface area contributed by atoms with Gasteiger partial charge in [-0.25, -0.2) is 9.18 Å². The van der Waals surface area contributed by atoms with Gasteiger partial charge in [-0.05, 0) is 42.0 Å². The summed E-state index contributed by atoms with van der Waals surface area (Å²) >= 11 is 0. The molecular formula is C23H22FN3O4. The second kappa shape index (κ2) is 8.61. The number of aromatic nitrogens is 1. The Bertz CT molecular complexity index is 1100. The van der Waals surface area contributed by atoms with Crippen LogP contribution in [0.5, 0.6) is 0 Å². The van der Waals surface area contributed by atoms with Crippen LogP contribution in [0.25, 0.3) is 5.69 Å². The van der Waals surface area contributed by atoms with Crippen molar-refractivity contribution in [3.05, 3.63) is 78.4 Å². The van der Waals surface area contributed by atoms with E-state index in [1.54, 1.807) is 40.1 Å². The SMILES string of the molecule is CC(=O)N(CC1CN(c2ccc(-n3ccc(CO)c3)c(F)c2)C(=O)O1)c1ccccc1. The van der Waals surface area contributed by atoms with Crippen LogP contribution < -0.4 is 9.80 Å². The standard InChI is InChI=1S/C23H22FN3O4/c1-16(29)26(18-5-3-2-4-6-18)13-20-14-27(23(30)31-20)19-7-8-22(21(24)11-19)25-10-9-17(12-25)15-28/h2-12,20,28H,13-15H2,1H3. The van der Waals surface area contributed by atoms with Gasteiger partial charge in [0.25, 0.3) is 0 Å². The fraction of sp³-hybridized carbons (Fsp3) is 0.217. The van der Waals surface area contributed by atoms with E-state index in [0.717, 1.165) is 0 Å². The molecule has 2 heterocycles. The molecule has 7 nitrogen and oxygen atoms in total. The number of ether oxygens (including phenoxy) is 1. The Morgan fingerprint density at radius 2 is 2.00 bits per heavy atom. The zero-order chi connectivity index (χ0) is 22.0. The third-order valence-electron chi connectivity index (χ3n) is 5.17. The molecule has 1 aliphatic rings. The highest BCUT2D eigenvalue weighted by atomic mass is 19.1. The Morgan fingerprint density at radius 3 is 2.65 bits per heavy atom. The molecule has 1 aromatic heterocycles. The molecule has 0 saturated carbocycles. The number of nitrogens with zero attached hydrogens (tertiary/aromatic N) is 3. The van der Waals surface area contributed by atoms with Gasteiger partial charge in [0.2, 0.25) is 5.91 Å². The van der Waals surface area contributed by atoms with Gasteiger partial charge in [0.15, 0.2) is 0 Å². The molecular weight excluding hydrogens is 401 g/mol. The summed E-state index contributed by atoms with van der Waals surface area (Å²) in [4.78, 5) is 27.4. The van der Waals surface area contributed by atoms with Gasteiger partial charge in [0.05, 0.1) is 31.1 Å². The Kier molecular flexibility index (Phi) is 5.73. The summed E-state index contributed by atoms with van der Waals surface area (Å²) in [5, 5.41) is 9.19. The van der Waals surface area contributed by atoms with E-state index in [9.17, 15) is 19.1 Å². The zero-order valence-electron chi connectivity index (χ0n) is 16.9. The summed E-state index contributed by atoms with van der Waals surface area (Å²) in [6.45, 7) is 1.73. The van der Waals surface area contributed by atoms with Crippen molar-refractivity contribution in [3.8, 4) is 5.69 Å². The number of anilines is 2. The fourth-order valence-electron chi connectivity index (χ4n) is 3.61. The second-order valence-corrected chi connectivity index (χ2v) is 7.30. The monoisotopic (exact) mass is 423 g/mol. The number of cyclic esters (lactones) is 1. The molecule has 1 saturated heterocycles. The van der Waals surface area contributed by atoms with E-state index < -0.39 is 18.0 Å². The smallest absolute Gasteiger partial charge is 0.414 e. The molecule has 3 aromatic rings. The zero-order valence-corrected chi connectivity index (χ0v) is 16.9. The minimum atomic E-state index is -0.586. The topological polar surface area (TPSA) is 75.0 Å². The van der Waals surface area contributed by atoms with Crippen molar-refractivity contribution in [1.82, 2.24) is 4.57 Å². The number of carbonyl (C=O) groups excluding carboxylic acids is 2. The highest BCUT2D eigenvalue weighted by Crippen LogP contribution is 2.27. The number of benzene rings is 2. The predicted molar refractivity (Wildman–Crippen MR) is 114 cm³/mol. The van der Waals surface area contributed by atoms with E-state index in [0.29, 0.717) is 22.6 Å². The predicted octanol–water partition coefficient (Wildman–Crippen LogP) is 3.49. The molecule has 160 valence electrons. The third kappa shape index (κ3) is 4.29. The van der Waals surface area contributed by atoms with Crippen molar-refractivity contribution >= 4 is 23.4 Å². The molecule has 1 atom stereocenters. The third-order valence-corrected chi connectivity index (χ3v) is 5.17. The number of carbonyl (C=O) groups is 2. The molecule has 0 radical (unpaired) electrons. The number of para-hydroxylation sites is 1. The van der Waals surface area contributed by atoms with Gasteiger partial charge < -0.3 is 19.3 Å². The Labute approximate surface area is 178 Å². The number of hydrogen-bond acceptors (Lipinski definition) is 4. The highest BCUT2D eigenvalue weighted by Gasteiger charge is 2.34. The van der Waals surface area contributed by atoms with Crippen LogP contribution in [0.1, 0.15) is 12.5 Å². The fourth-order valence-corrected chi connectivity index (χ4v) is 3.61. The van der Waals surface area contributed by atoms with Crippen LogP contribution in [-0.4, -0.2) is 40.9 Å². The maximum Gasteiger partial charge on any atom is 0.414 e. The van der Waals surface area contributed by atoms with Crippen LogP contribution in [0, 0.1) is 5.82 Å². The minimum absolute atomic E-state index is 0.131. The Balaban J connectivity index is 1.50. The molecule has 1 N–H and O–H groups in total. The average Bonchev–Trinajstić information content (AvgIpc) is 3.38. The first-order chi connectivity index (χ1) is 15.0. The summed E-state index contributed by atoms with van der Waals surface area (Å²) in [6.07, 6.45) is 2.16. The van der Waals surface area contributed by atoms with E-state index in [-0.39, 0.29) is 25.6 Å². The van der Waals surface area contributed by atoms with E-state index in [2.05, 4.69) is 0 Å². The van der Waals surface area contributed by atoms with Crippen LogP contribution in [-0.2, 0) is 16.1 Å². The first-order valence-corrected chi connectivity index (χ1v) is 9.85. The van der Waals surface area contributed by atoms with Gasteiger partial charge >= 0.3 is 6.09 Å². The first-order valence-electron chi connectivity index (χ1n) is 9.85. The van der Waals surface area contributed by atoms with Gasteiger partial charge in [-0.2, -0.15) is 0 Å². The molecule has 31 heavy (non-hydrogen) atoms. The number of amides is 2. The van der Waals surface area contributed by atoms with Crippen LogP contribution in [0.2, 0.25) is 0 Å². The van der Waals surface area contributed by atoms with Gasteiger partial charge in [-0.3, -0.25) is 9.69 Å². The highest BCUT2D eigenvalue weighted by molar-refractivity contribution is 5.93. The quantitative estimate of drug-likeness (QED) is 0.659. The summed E-state index contributed by atoms with van der Waals surface area (Å²) in [5.41, 5.74) is 2.06. The lowest BCUT2D eigenvalue weighted by molar-refractivity contribution is -0.116. The van der Waals surface area contributed by atoms with Gasteiger partial charge in [0.1, 0.15) is 11.9 Å². The van der Waals surface area contributed by atoms with Crippen molar-refractivity contribution in [2.45, 2.75) is 19.6 Å². The molecule has 2 amide bonds. The second-order valence-electron chi connectivity index (χ2n) is 7.30. The van der Waals surface area contributed by atoms with Crippen LogP contribution in [0.4, 0.5) is 20.6 Å². The minimum Gasteiger partial charge on any atom is -0.442 e. The number of halogens is 1. The lowest BCUT2D eigenvalue weighted by Gasteiger charge is -2.23. The molecule has 0 aliphatic carbocycles. The van der Waals surface area contributed by atoms with E-state index >= 15 is 0 Å². The molecule has 0 spiro atoms. The van der Waals surface area contributed by atoms with Crippen LogP contribution >= 0.6 is 0 Å².